The molecule has 0 saturated heterocycles. The normalized spacial score (nSPS) is 12.1. The van der Waals surface area contributed by atoms with Crippen LogP contribution in [0, 0.1) is 6.92 Å². The van der Waals surface area contributed by atoms with Gasteiger partial charge in [-0.15, -0.1) is 0 Å². The second-order valence-electron chi connectivity index (χ2n) is 4.91. The standard InChI is InChI=1S/C16H19NO3S/c1-11-4-6-13(7-5-11)16-17-14(9-20-16)10-21-12(2)8-15(18)19-3/h4-7,9,12H,8,10H2,1-3H3. The molecule has 2 rings (SSSR count). The molecule has 0 fully saturated rings. The summed E-state index contributed by atoms with van der Waals surface area (Å²) in [4.78, 5) is 15.7. The predicted octanol–water partition coefficient (Wildman–Crippen LogP) is 3.83. The number of aromatic nitrogens is 1. The number of rotatable bonds is 6. The van der Waals surface area contributed by atoms with Gasteiger partial charge in [-0.05, 0) is 19.1 Å². The van der Waals surface area contributed by atoms with E-state index in [0.29, 0.717) is 18.1 Å². The Bertz CT molecular complexity index is 592. The highest BCUT2D eigenvalue weighted by molar-refractivity contribution is 7.99. The topological polar surface area (TPSA) is 52.3 Å². The lowest BCUT2D eigenvalue weighted by Gasteiger charge is -2.07. The van der Waals surface area contributed by atoms with E-state index in [9.17, 15) is 4.79 Å². The van der Waals surface area contributed by atoms with Crippen molar-refractivity contribution in [3.8, 4) is 11.5 Å². The van der Waals surface area contributed by atoms with Crippen molar-refractivity contribution in [1.29, 1.82) is 0 Å². The molecule has 0 aliphatic carbocycles. The van der Waals surface area contributed by atoms with Crippen LogP contribution in [0.1, 0.15) is 24.6 Å². The molecule has 1 atom stereocenters. The van der Waals surface area contributed by atoms with Crippen molar-refractivity contribution in [2.24, 2.45) is 0 Å². The Morgan fingerprint density at radius 3 is 2.76 bits per heavy atom. The van der Waals surface area contributed by atoms with E-state index >= 15 is 0 Å². The van der Waals surface area contributed by atoms with Gasteiger partial charge in [0.25, 0.3) is 0 Å². The van der Waals surface area contributed by atoms with Crippen molar-refractivity contribution >= 4 is 17.7 Å². The summed E-state index contributed by atoms with van der Waals surface area (Å²) in [5.74, 6) is 1.16. The monoisotopic (exact) mass is 305 g/mol. The molecule has 0 amide bonds. The van der Waals surface area contributed by atoms with E-state index in [1.165, 1.54) is 12.7 Å². The Morgan fingerprint density at radius 2 is 2.10 bits per heavy atom. The highest BCUT2D eigenvalue weighted by atomic mass is 32.2. The van der Waals surface area contributed by atoms with Crippen LogP contribution in [0.3, 0.4) is 0 Å². The van der Waals surface area contributed by atoms with Crippen LogP contribution in [0.15, 0.2) is 34.9 Å². The van der Waals surface area contributed by atoms with Gasteiger partial charge in [-0.1, -0.05) is 24.6 Å². The maximum absolute atomic E-state index is 11.2. The second kappa shape index (κ2) is 7.31. The minimum Gasteiger partial charge on any atom is -0.469 e. The first-order valence-corrected chi connectivity index (χ1v) is 7.83. The molecule has 4 nitrogen and oxygen atoms in total. The lowest BCUT2D eigenvalue weighted by Crippen LogP contribution is -2.08. The molecule has 112 valence electrons. The van der Waals surface area contributed by atoms with Crippen LogP contribution < -0.4 is 0 Å². The molecule has 0 aliphatic rings. The lowest BCUT2D eigenvalue weighted by atomic mass is 10.1. The summed E-state index contributed by atoms with van der Waals surface area (Å²) in [7, 11) is 1.41. The molecule has 21 heavy (non-hydrogen) atoms. The molecule has 1 aromatic heterocycles. The number of esters is 1. The van der Waals surface area contributed by atoms with Gasteiger partial charge in [-0.2, -0.15) is 11.8 Å². The fourth-order valence-electron chi connectivity index (χ4n) is 1.81. The van der Waals surface area contributed by atoms with Crippen LogP contribution in [-0.2, 0) is 15.3 Å². The second-order valence-corrected chi connectivity index (χ2v) is 6.34. The zero-order valence-electron chi connectivity index (χ0n) is 12.5. The molecule has 5 heteroatoms. The van der Waals surface area contributed by atoms with Gasteiger partial charge in [0.2, 0.25) is 5.89 Å². The summed E-state index contributed by atoms with van der Waals surface area (Å²) >= 11 is 1.66. The van der Waals surface area contributed by atoms with Crippen LogP contribution >= 0.6 is 11.8 Å². The van der Waals surface area contributed by atoms with Crippen molar-refractivity contribution in [3.05, 3.63) is 41.8 Å². The predicted molar refractivity (Wildman–Crippen MR) is 84.1 cm³/mol. The molecule has 1 heterocycles. The minimum absolute atomic E-state index is 0.185. The first-order valence-electron chi connectivity index (χ1n) is 6.78. The van der Waals surface area contributed by atoms with Crippen LogP contribution in [0.25, 0.3) is 11.5 Å². The van der Waals surface area contributed by atoms with Gasteiger partial charge in [-0.25, -0.2) is 4.98 Å². The van der Waals surface area contributed by atoms with Crippen molar-refractivity contribution in [2.45, 2.75) is 31.3 Å². The number of hydrogen-bond donors (Lipinski definition) is 0. The average Bonchev–Trinajstić information content (AvgIpc) is 2.94. The summed E-state index contributed by atoms with van der Waals surface area (Å²) in [6.45, 7) is 4.05. The van der Waals surface area contributed by atoms with Crippen LogP contribution in [-0.4, -0.2) is 23.3 Å². The summed E-state index contributed by atoms with van der Waals surface area (Å²) < 4.78 is 10.2. The van der Waals surface area contributed by atoms with Crippen LogP contribution in [0.2, 0.25) is 0 Å². The number of oxazole rings is 1. The maximum Gasteiger partial charge on any atom is 0.306 e. The van der Waals surface area contributed by atoms with Gasteiger partial charge in [0.05, 0.1) is 19.2 Å². The van der Waals surface area contributed by atoms with E-state index in [4.69, 9.17) is 4.42 Å². The van der Waals surface area contributed by atoms with Gasteiger partial charge in [0, 0.05) is 16.6 Å². The Kier molecular flexibility index (Phi) is 5.44. The highest BCUT2D eigenvalue weighted by Gasteiger charge is 2.12. The number of methoxy groups -OCH3 is 1. The molecule has 0 bridgehead atoms. The first-order chi connectivity index (χ1) is 10.1. The number of carbonyl (C=O) groups excluding carboxylic acids is 1. The van der Waals surface area contributed by atoms with E-state index in [1.54, 1.807) is 18.0 Å². The number of benzene rings is 1. The van der Waals surface area contributed by atoms with Gasteiger partial charge in [0.15, 0.2) is 0 Å². The maximum atomic E-state index is 11.2. The summed E-state index contributed by atoms with van der Waals surface area (Å²) in [6, 6.07) is 8.06. The molecule has 0 aliphatic heterocycles. The number of ether oxygens (including phenoxy) is 1. The van der Waals surface area contributed by atoms with Crippen molar-refractivity contribution < 1.29 is 13.9 Å². The fourth-order valence-corrected chi connectivity index (χ4v) is 2.65. The smallest absolute Gasteiger partial charge is 0.306 e. The van der Waals surface area contributed by atoms with Crippen molar-refractivity contribution in [2.75, 3.05) is 7.11 Å². The van der Waals surface area contributed by atoms with Gasteiger partial charge < -0.3 is 9.15 Å². The largest absolute Gasteiger partial charge is 0.469 e. The number of nitrogens with zero attached hydrogens (tertiary/aromatic N) is 1. The zero-order chi connectivity index (χ0) is 15.2. The Balaban J connectivity index is 1.91. The molecular weight excluding hydrogens is 286 g/mol. The van der Waals surface area contributed by atoms with E-state index < -0.39 is 0 Å². The van der Waals surface area contributed by atoms with E-state index in [1.807, 2.05) is 38.1 Å². The van der Waals surface area contributed by atoms with E-state index in [2.05, 4.69) is 9.72 Å². The molecule has 0 saturated carbocycles. The SMILES string of the molecule is COC(=O)CC(C)SCc1coc(-c2ccc(C)cc2)n1. The summed E-state index contributed by atoms with van der Waals surface area (Å²) in [5, 5.41) is 0.192. The third-order valence-electron chi connectivity index (χ3n) is 3.05. The third kappa shape index (κ3) is 4.63. The molecule has 0 spiro atoms. The van der Waals surface area contributed by atoms with E-state index in [0.717, 1.165) is 11.3 Å². The first kappa shape index (κ1) is 15.6. The van der Waals surface area contributed by atoms with E-state index in [-0.39, 0.29) is 11.2 Å². The van der Waals surface area contributed by atoms with Gasteiger partial charge in [0.1, 0.15) is 6.26 Å². The molecule has 2 aromatic rings. The van der Waals surface area contributed by atoms with Gasteiger partial charge in [-0.3, -0.25) is 4.79 Å². The fraction of sp³-hybridized carbons (Fsp3) is 0.375. The number of thioether (sulfide) groups is 1. The number of carbonyl (C=O) groups is 1. The Morgan fingerprint density at radius 1 is 1.38 bits per heavy atom. The highest BCUT2D eigenvalue weighted by Crippen LogP contribution is 2.23. The van der Waals surface area contributed by atoms with Crippen molar-refractivity contribution in [1.82, 2.24) is 4.98 Å². The lowest BCUT2D eigenvalue weighted by molar-refractivity contribution is -0.140. The van der Waals surface area contributed by atoms with Gasteiger partial charge >= 0.3 is 5.97 Å². The average molecular weight is 305 g/mol. The molecule has 0 N–H and O–H groups in total. The summed E-state index contributed by atoms with van der Waals surface area (Å²) in [6.07, 6.45) is 2.08. The van der Waals surface area contributed by atoms with Crippen molar-refractivity contribution in [3.63, 3.8) is 0 Å². The summed E-state index contributed by atoms with van der Waals surface area (Å²) in [5.41, 5.74) is 3.06. The zero-order valence-corrected chi connectivity index (χ0v) is 13.3. The minimum atomic E-state index is -0.185. The molecule has 0 radical (unpaired) electrons. The Hall–Kier alpha value is -1.75. The van der Waals surface area contributed by atoms with Crippen LogP contribution in [0.4, 0.5) is 0 Å². The third-order valence-corrected chi connectivity index (χ3v) is 4.25. The quantitative estimate of drug-likeness (QED) is 0.759. The molecular formula is C16H19NO3S. The van der Waals surface area contributed by atoms with Crippen LogP contribution in [0.5, 0.6) is 0 Å². The molecule has 1 aromatic carbocycles. The number of aryl methyl sites for hydroxylation is 1. The molecule has 1 unspecified atom stereocenters. The number of hydrogen-bond acceptors (Lipinski definition) is 5. The Labute approximate surface area is 128 Å².